The number of halogens is 1. The normalized spacial score (nSPS) is 18.1. The lowest BCUT2D eigenvalue weighted by molar-refractivity contribution is -0.133. The van der Waals surface area contributed by atoms with Crippen LogP contribution >= 0.6 is 0 Å². The first-order valence-electron chi connectivity index (χ1n) is 8.52. The Morgan fingerprint density at radius 3 is 2.56 bits per heavy atom. The van der Waals surface area contributed by atoms with Gasteiger partial charge in [-0.05, 0) is 43.3 Å². The topological polar surface area (TPSA) is 73.6 Å². The predicted molar refractivity (Wildman–Crippen MR) is 94.7 cm³/mol. The molecule has 0 saturated heterocycles. The number of rotatable bonds is 4. The molecule has 138 valence electrons. The van der Waals surface area contributed by atoms with Gasteiger partial charge in [0.2, 0.25) is 6.10 Å². The summed E-state index contributed by atoms with van der Waals surface area (Å²) in [7, 11) is 0. The van der Waals surface area contributed by atoms with Crippen LogP contribution in [0.5, 0.6) is 11.5 Å². The summed E-state index contributed by atoms with van der Waals surface area (Å²) in [5, 5.41) is 6.71. The van der Waals surface area contributed by atoms with E-state index < -0.39 is 12.2 Å². The fourth-order valence-corrected chi connectivity index (χ4v) is 2.83. The highest BCUT2D eigenvalue weighted by Gasteiger charge is 2.33. The van der Waals surface area contributed by atoms with E-state index in [2.05, 4.69) is 10.5 Å². The molecule has 3 aromatic rings. The van der Waals surface area contributed by atoms with Gasteiger partial charge in [-0.2, -0.15) is 0 Å². The zero-order valence-electron chi connectivity index (χ0n) is 14.5. The highest BCUT2D eigenvalue weighted by Crippen LogP contribution is 2.33. The van der Waals surface area contributed by atoms with Crippen LogP contribution in [0.1, 0.15) is 12.6 Å². The summed E-state index contributed by atoms with van der Waals surface area (Å²) in [6, 6.07) is 14.8. The molecule has 2 unspecified atom stereocenters. The van der Waals surface area contributed by atoms with Crippen LogP contribution < -0.4 is 14.8 Å². The lowest BCUT2D eigenvalue weighted by Gasteiger charge is -2.30. The van der Waals surface area contributed by atoms with E-state index in [9.17, 15) is 9.18 Å². The Hall–Kier alpha value is -3.35. The van der Waals surface area contributed by atoms with Gasteiger partial charge in [0, 0.05) is 11.6 Å². The number of amides is 1. The number of para-hydroxylation sites is 2. The summed E-state index contributed by atoms with van der Waals surface area (Å²) in [6.45, 7) is 1.96. The number of nitrogens with one attached hydrogen (secondary N) is 1. The number of nitrogens with zero attached hydrogens (tertiary/aromatic N) is 1. The van der Waals surface area contributed by atoms with E-state index >= 15 is 0 Å². The maximum absolute atomic E-state index is 13.0. The van der Waals surface area contributed by atoms with E-state index in [1.165, 1.54) is 12.1 Å². The Kier molecular flexibility index (Phi) is 4.50. The quantitative estimate of drug-likeness (QED) is 0.765. The summed E-state index contributed by atoms with van der Waals surface area (Å²) in [6.07, 6.45) is -1.18. The number of ether oxygens (including phenoxy) is 2. The van der Waals surface area contributed by atoms with Crippen molar-refractivity contribution in [2.24, 2.45) is 0 Å². The fraction of sp³-hybridized carbons (Fsp3) is 0.200. The van der Waals surface area contributed by atoms with Crippen LogP contribution in [0.25, 0.3) is 11.3 Å². The van der Waals surface area contributed by atoms with E-state index in [1.54, 1.807) is 37.3 Å². The molecule has 1 amide bonds. The van der Waals surface area contributed by atoms with Crippen LogP contribution in [-0.2, 0) is 11.3 Å². The van der Waals surface area contributed by atoms with Crippen molar-refractivity contribution in [2.45, 2.75) is 25.7 Å². The molecule has 6 nitrogen and oxygen atoms in total. The molecule has 0 saturated carbocycles. The Morgan fingerprint density at radius 2 is 1.81 bits per heavy atom. The average Bonchev–Trinajstić information content (AvgIpc) is 3.15. The third-order valence-electron chi connectivity index (χ3n) is 4.23. The van der Waals surface area contributed by atoms with Gasteiger partial charge in [0.25, 0.3) is 5.91 Å². The lowest BCUT2D eigenvalue weighted by atomic mass is 10.1. The van der Waals surface area contributed by atoms with Gasteiger partial charge in [-0.25, -0.2) is 4.39 Å². The van der Waals surface area contributed by atoms with Gasteiger partial charge in [0.1, 0.15) is 17.6 Å². The molecule has 1 aromatic heterocycles. The van der Waals surface area contributed by atoms with Crippen molar-refractivity contribution in [3.63, 3.8) is 0 Å². The lowest BCUT2D eigenvalue weighted by Crippen LogP contribution is -2.48. The number of aromatic nitrogens is 1. The van der Waals surface area contributed by atoms with Crippen molar-refractivity contribution >= 4 is 5.91 Å². The van der Waals surface area contributed by atoms with Gasteiger partial charge >= 0.3 is 0 Å². The SMILES string of the molecule is CC1Oc2ccccc2OC1C(=O)NCc1cc(-c2ccc(F)cc2)on1. The molecule has 0 spiro atoms. The second-order valence-corrected chi connectivity index (χ2v) is 6.22. The van der Waals surface area contributed by atoms with Crippen molar-refractivity contribution in [3.05, 3.63) is 66.1 Å². The molecule has 1 N–H and O–H groups in total. The average molecular weight is 368 g/mol. The molecule has 0 fully saturated rings. The summed E-state index contributed by atoms with van der Waals surface area (Å²) >= 11 is 0. The number of fused-ring (bicyclic) bond motifs is 1. The molecule has 1 aliphatic heterocycles. The molecule has 2 atom stereocenters. The second-order valence-electron chi connectivity index (χ2n) is 6.22. The van der Waals surface area contributed by atoms with Crippen molar-refractivity contribution in [3.8, 4) is 22.8 Å². The van der Waals surface area contributed by atoms with Crippen molar-refractivity contribution in [1.82, 2.24) is 10.5 Å². The molecule has 27 heavy (non-hydrogen) atoms. The molecule has 4 rings (SSSR count). The van der Waals surface area contributed by atoms with Crippen molar-refractivity contribution < 1.29 is 23.2 Å². The van der Waals surface area contributed by atoms with E-state index in [-0.39, 0.29) is 18.3 Å². The number of carbonyl (C=O) groups is 1. The number of hydrogen-bond donors (Lipinski definition) is 1. The third-order valence-corrected chi connectivity index (χ3v) is 4.23. The Morgan fingerprint density at radius 1 is 1.11 bits per heavy atom. The van der Waals surface area contributed by atoms with Crippen LogP contribution in [0.2, 0.25) is 0 Å². The monoisotopic (exact) mass is 368 g/mol. The van der Waals surface area contributed by atoms with Gasteiger partial charge < -0.3 is 19.3 Å². The highest BCUT2D eigenvalue weighted by molar-refractivity contribution is 5.82. The van der Waals surface area contributed by atoms with Crippen molar-refractivity contribution in [2.75, 3.05) is 0 Å². The van der Waals surface area contributed by atoms with Crippen LogP contribution in [-0.4, -0.2) is 23.3 Å². The molecule has 0 radical (unpaired) electrons. The number of hydrogen-bond acceptors (Lipinski definition) is 5. The molecule has 0 bridgehead atoms. The van der Waals surface area contributed by atoms with Crippen LogP contribution in [0, 0.1) is 5.82 Å². The summed E-state index contributed by atoms with van der Waals surface area (Å²) in [5.41, 5.74) is 1.25. The zero-order chi connectivity index (χ0) is 18.8. The van der Waals surface area contributed by atoms with E-state index in [0.29, 0.717) is 28.5 Å². The first kappa shape index (κ1) is 17.1. The van der Waals surface area contributed by atoms with Crippen molar-refractivity contribution in [1.29, 1.82) is 0 Å². The molecule has 2 aromatic carbocycles. The number of benzene rings is 2. The smallest absolute Gasteiger partial charge is 0.265 e. The Labute approximate surface area is 154 Å². The summed E-state index contributed by atoms with van der Waals surface area (Å²) < 4.78 is 29.8. The standard InChI is InChI=1S/C20H17FN2O4/c1-12-19(26-17-5-3-2-4-16(17)25-12)20(24)22-11-15-10-18(27-23-15)13-6-8-14(21)9-7-13/h2-10,12,19H,11H2,1H3,(H,22,24). The fourth-order valence-electron chi connectivity index (χ4n) is 2.83. The molecule has 2 heterocycles. The number of carbonyl (C=O) groups excluding carboxylic acids is 1. The van der Waals surface area contributed by atoms with Gasteiger partial charge in [-0.15, -0.1) is 0 Å². The Balaban J connectivity index is 1.39. The maximum Gasteiger partial charge on any atom is 0.265 e. The minimum Gasteiger partial charge on any atom is -0.482 e. The predicted octanol–water partition coefficient (Wildman–Crippen LogP) is 3.33. The van der Waals surface area contributed by atoms with Gasteiger partial charge in [0.15, 0.2) is 17.3 Å². The minimum absolute atomic E-state index is 0.178. The van der Waals surface area contributed by atoms with Crippen LogP contribution in [0.4, 0.5) is 4.39 Å². The van der Waals surface area contributed by atoms with Gasteiger partial charge in [-0.1, -0.05) is 17.3 Å². The van der Waals surface area contributed by atoms with E-state index in [4.69, 9.17) is 14.0 Å². The van der Waals surface area contributed by atoms with Gasteiger partial charge in [0.05, 0.1) is 6.54 Å². The summed E-state index contributed by atoms with van der Waals surface area (Å²) in [4.78, 5) is 12.5. The summed E-state index contributed by atoms with van der Waals surface area (Å²) in [5.74, 6) is 1.03. The van der Waals surface area contributed by atoms with Gasteiger partial charge in [-0.3, -0.25) is 4.79 Å². The highest BCUT2D eigenvalue weighted by atomic mass is 19.1. The second kappa shape index (κ2) is 7.11. The first-order chi connectivity index (χ1) is 13.1. The minimum atomic E-state index is -0.761. The largest absolute Gasteiger partial charge is 0.482 e. The maximum atomic E-state index is 13.0. The van der Waals surface area contributed by atoms with E-state index in [1.807, 2.05) is 12.1 Å². The molecule has 7 heteroatoms. The molecule has 1 aliphatic rings. The molecular formula is C20H17FN2O4. The van der Waals surface area contributed by atoms with E-state index in [0.717, 1.165) is 0 Å². The Bertz CT molecular complexity index is 955. The zero-order valence-corrected chi connectivity index (χ0v) is 14.5. The van der Waals surface area contributed by atoms with Crippen LogP contribution in [0.3, 0.4) is 0 Å². The molecular weight excluding hydrogens is 351 g/mol. The van der Waals surface area contributed by atoms with Crippen LogP contribution in [0.15, 0.2) is 59.1 Å². The third kappa shape index (κ3) is 3.62. The first-order valence-corrected chi connectivity index (χ1v) is 8.52. The molecule has 0 aliphatic carbocycles.